The molecule has 2 unspecified atom stereocenters. The lowest BCUT2D eigenvalue weighted by molar-refractivity contribution is 0.154. The van der Waals surface area contributed by atoms with Gasteiger partial charge in [-0.3, -0.25) is 4.90 Å². The number of nitrogens with zero attached hydrogens (tertiary/aromatic N) is 3. The van der Waals surface area contributed by atoms with Crippen LogP contribution in [0, 0.1) is 0 Å². The number of likely N-dealkylation sites (tertiary alicyclic amines) is 1. The van der Waals surface area contributed by atoms with Gasteiger partial charge in [0.2, 0.25) is 0 Å². The standard InChI is InChI=1S/C12H22N4/c1-9(2)16-8-14-7-11(16)12-10(13)5-4-6-15(12)3/h7-10,12H,4-6,13H2,1-3H3. The van der Waals surface area contributed by atoms with Crippen LogP contribution < -0.4 is 5.73 Å². The lowest BCUT2D eigenvalue weighted by atomic mass is 9.95. The average Bonchev–Trinajstić information content (AvgIpc) is 2.66. The number of hydrogen-bond acceptors (Lipinski definition) is 3. The van der Waals surface area contributed by atoms with Gasteiger partial charge in [0.15, 0.2) is 0 Å². The van der Waals surface area contributed by atoms with Crippen LogP contribution in [0.3, 0.4) is 0 Å². The molecule has 0 aliphatic carbocycles. The third-order valence-corrected chi connectivity index (χ3v) is 3.48. The van der Waals surface area contributed by atoms with Crippen LogP contribution in [0.2, 0.25) is 0 Å². The van der Waals surface area contributed by atoms with E-state index >= 15 is 0 Å². The van der Waals surface area contributed by atoms with Gasteiger partial charge in [-0.2, -0.15) is 0 Å². The number of hydrogen-bond donors (Lipinski definition) is 1. The summed E-state index contributed by atoms with van der Waals surface area (Å²) in [5.41, 5.74) is 7.50. The number of rotatable bonds is 2. The van der Waals surface area contributed by atoms with Crippen molar-refractivity contribution in [2.45, 2.75) is 44.8 Å². The molecule has 2 rings (SSSR count). The number of likely N-dealkylation sites (N-methyl/N-ethyl adjacent to an activating group) is 1. The summed E-state index contributed by atoms with van der Waals surface area (Å²) >= 11 is 0. The van der Waals surface area contributed by atoms with Crippen molar-refractivity contribution in [2.75, 3.05) is 13.6 Å². The van der Waals surface area contributed by atoms with E-state index in [0.29, 0.717) is 12.1 Å². The summed E-state index contributed by atoms with van der Waals surface area (Å²) in [6, 6.07) is 0.992. The zero-order chi connectivity index (χ0) is 11.7. The first kappa shape index (κ1) is 11.6. The van der Waals surface area contributed by atoms with Crippen LogP contribution in [0.4, 0.5) is 0 Å². The van der Waals surface area contributed by atoms with Gasteiger partial charge >= 0.3 is 0 Å². The highest BCUT2D eigenvalue weighted by molar-refractivity contribution is 5.11. The fraction of sp³-hybridized carbons (Fsp3) is 0.750. The lowest BCUT2D eigenvalue weighted by Gasteiger charge is -2.38. The highest BCUT2D eigenvalue weighted by Gasteiger charge is 2.30. The van der Waals surface area contributed by atoms with Crippen molar-refractivity contribution in [1.29, 1.82) is 0 Å². The molecule has 0 saturated carbocycles. The first-order valence-corrected chi connectivity index (χ1v) is 6.09. The number of aromatic nitrogens is 2. The molecule has 0 spiro atoms. The fourth-order valence-corrected chi connectivity index (χ4v) is 2.62. The Labute approximate surface area is 97.4 Å². The van der Waals surface area contributed by atoms with Gasteiger partial charge in [0.25, 0.3) is 0 Å². The predicted molar refractivity (Wildman–Crippen MR) is 65.2 cm³/mol. The van der Waals surface area contributed by atoms with E-state index in [0.717, 1.165) is 13.0 Å². The quantitative estimate of drug-likeness (QED) is 0.826. The number of imidazole rings is 1. The summed E-state index contributed by atoms with van der Waals surface area (Å²) in [6.07, 6.45) is 6.18. The van der Waals surface area contributed by atoms with Crippen LogP contribution >= 0.6 is 0 Å². The molecule has 2 atom stereocenters. The van der Waals surface area contributed by atoms with E-state index < -0.39 is 0 Å². The fourth-order valence-electron chi connectivity index (χ4n) is 2.62. The molecule has 0 radical (unpaired) electrons. The van der Waals surface area contributed by atoms with Crippen LogP contribution in [-0.2, 0) is 0 Å². The Bertz CT molecular complexity index is 335. The van der Waals surface area contributed by atoms with E-state index in [4.69, 9.17) is 5.73 Å². The summed E-state index contributed by atoms with van der Waals surface area (Å²) in [4.78, 5) is 6.62. The van der Waals surface area contributed by atoms with Crippen LogP contribution in [0.1, 0.15) is 44.5 Å². The Balaban J connectivity index is 2.30. The van der Waals surface area contributed by atoms with Crippen molar-refractivity contribution in [3.05, 3.63) is 18.2 Å². The van der Waals surface area contributed by atoms with Crippen LogP contribution in [0.25, 0.3) is 0 Å². The van der Waals surface area contributed by atoms with Gasteiger partial charge in [-0.25, -0.2) is 4.98 Å². The topological polar surface area (TPSA) is 47.1 Å². The smallest absolute Gasteiger partial charge is 0.0951 e. The van der Waals surface area contributed by atoms with Gasteiger partial charge in [-0.1, -0.05) is 0 Å². The zero-order valence-electron chi connectivity index (χ0n) is 10.4. The monoisotopic (exact) mass is 222 g/mol. The second-order valence-electron chi connectivity index (χ2n) is 5.05. The van der Waals surface area contributed by atoms with E-state index in [1.165, 1.54) is 12.1 Å². The maximum atomic E-state index is 6.25. The van der Waals surface area contributed by atoms with Crippen molar-refractivity contribution in [1.82, 2.24) is 14.5 Å². The van der Waals surface area contributed by atoms with Gasteiger partial charge in [0.1, 0.15) is 0 Å². The van der Waals surface area contributed by atoms with E-state index in [9.17, 15) is 0 Å². The molecule has 90 valence electrons. The molecule has 1 saturated heterocycles. The molecule has 0 aromatic carbocycles. The Hall–Kier alpha value is -0.870. The Morgan fingerprint density at radius 1 is 1.50 bits per heavy atom. The lowest BCUT2D eigenvalue weighted by Crippen LogP contribution is -2.44. The minimum Gasteiger partial charge on any atom is -0.331 e. The second kappa shape index (κ2) is 4.55. The highest BCUT2D eigenvalue weighted by atomic mass is 15.2. The minimum absolute atomic E-state index is 0.230. The molecular formula is C12H22N4. The Kier molecular flexibility index (Phi) is 3.30. The largest absolute Gasteiger partial charge is 0.331 e. The summed E-state index contributed by atoms with van der Waals surface area (Å²) in [5, 5.41) is 0. The molecule has 1 aliphatic rings. The van der Waals surface area contributed by atoms with E-state index in [2.05, 4.69) is 35.3 Å². The maximum Gasteiger partial charge on any atom is 0.0951 e. The third kappa shape index (κ3) is 1.99. The molecule has 1 aliphatic heterocycles. The second-order valence-corrected chi connectivity index (χ2v) is 5.05. The summed E-state index contributed by atoms with van der Waals surface area (Å²) < 4.78 is 2.23. The van der Waals surface area contributed by atoms with Gasteiger partial charge in [0, 0.05) is 18.3 Å². The van der Waals surface area contributed by atoms with E-state index in [1.54, 1.807) is 0 Å². The molecule has 2 heterocycles. The van der Waals surface area contributed by atoms with E-state index in [-0.39, 0.29) is 6.04 Å². The normalized spacial score (nSPS) is 27.6. The molecule has 0 amide bonds. The molecule has 1 aromatic heterocycles. The third-order valence-electron chi connectivity index (χ3n) is 3.48. The maximum absolute atomic E-state index is 6.25. The summed E-state index contributed by atoms with van der Waals surface area (Å²) in [7, 11) is 2.15. The van der Waals surface area contributed by atoms with Crippen molar-refractivity contribution in [3.8, 4) is 0 Å². The molecule has 2 N–H and O–H groups in total. The molecule has 16 heavy (non-hydrogen) atoms. The SMILES string of the molecule is CC(C)n1cncc1C1C(N)CCCN1C. The molecule has 0 bridgehead atoms. The van der Waals surface area contributed by atoms with Gasteiger partial charge < -0.3 is 10.3 Å². The predicted octanol–water partition coefficient (Wildman–Crippen LogP) is 1.56. The van der Waals surface area contributed by atoms with Crippen LogP contribution in [0.15, 0.2) is 12.5 Å². The van der Waals surface area contributed by atoms with Crippen molar-refractivity contribution >= 4 is 0 Å². The van der Waals surface area contributed by atoms with Crippen molar-refractivity contribution in [2.24, 2.45) is 5.73 Å². The molecule has 4 nitrogen and oxygen atoms in total. The molecule has 1 aromatic rings. The molecule has 4 heteroatoms. The molecule has 1 fully saturated rings. The van der Waals surface area contributed by atoms with Crippen molar-refractivity contribution in [3.63, 3.8) is 0 Å². The first-order chi connectivity index (χ1) is 7.61. The number of nitrogens with two attached hydrogens (primary N) is 1. The highest BCUT2D eigenvalue weighted by Crippen LogP contribution is 2.29. The zero-order valence-corrected chi connectivity index (χ0v) is 10.4. The number of piperidine rings is 1. The van der Waals surface area contributed by atoms with E-state index in [1.807, 2.05) is 12.5 Å². The van der Waals surface area contributed by atoms with Gasteiger partial charge in [0.05, 0.1) is 18.1 Å². The van der Waals surface area contributed by atoms with Crippen molar-refractivity contribution < 1.29 is 0 Å². The Morgan fingerprint density at radius 2 is 2.25 bits per heavy atom. The van der Waals surface area contributed by atoms with Gasteiger partial charge in [-0.15, -0.1) is 0 Å². The first-order valence-electron chi connectivity index (χ1n) is 6.09. The molecular weight excluding hydrogens is 200 g/mol. The summed E-state index contributed by atoms with van der Waals surface area (Å²) in [5.74, 6) is 0. The minimum atomic E-state index is 0.230. The van der Waals surface area contributed by atoms with Gasteiger partial charge in [-0.05, 0) is 40.3 Å². The Morgan fingerprint density at radius 3 is 2.88 bits per heavy atom. The van der Waals surface area contributed by atoms with Crippen LogP contribution in [-0.4, -0.2) is 34.1 Å². The average molecular weight is 222 g/mol. The van der Waals surface area contributed by atoms with Crippen LogP contribution in [0.5, 0.6) is 0 Å². The summed E-state index contributed by atoms with van der Waals surface area (Å²) in [6.45, 7) is 5.49.